The number of para-hydroxylation sites is 1. The third kappa shape index (κ3) is 3.23. The minimum absolute atomic E-state index is 0.137. The second-order valence-electron chi connectivity index (χ2n) is 4.14. The SMILES string of the molecule is COc1cccc(C(CO)Nc2ccccc2F)c1. The number of halogens is 1. The van der Waals surface area contributed by atoms with Crippen molar-refractivity contribution >= 4 is 5.69 Å². The van der Waals surface area contributed by atoms with Gasteiger partial charge in [-0.05, 0) is 29.8 Å². The monoisotopic (exact) mass is 261 g/mol. The minimum Gasteiger partial charge on any atom is -0.497 e. The lowest BCUT2D eigenvalue weighted by Gasteiger charge is -2.19. The Morgan fingerprint density at radius 2 is 2.00 bits per heavy atom. The molecule has 0 amide bonds. The lowest BCUT2D eigenvalue weighted by molar-refractivity contribution is 0.276. The number of aliphatic hydroxyl groups is 1. The van der Waals surface area contributed by atoms with Crippen LogP contribution in [0.2, 0.25) is 0 Å². The molecule has 0 aliphatic rings. The van der Waals surface area contributed by atoms with Crippen LogP contribution < -0.4 is 10.1 Å². The van der Waals surface area contributed by atoms with Crippen LogP contribution in [0.5, 0.6) is 5.75 Å². The first-order valence-electron chi connectivity index (χ1n) is 6.00. The van der Waals surface area contributed by atoms with E-state index in [4.69, 9.17) is 4.74 Å². The summed E-state index contributed by atoms with van der Waals surface area (Å²) in [5.74, 6) is 0.357. The Hall–Kier alpha value is -2.07. The van der Waals surface area contributed by atoms with Crippen LogP contribution in [0.25, 0.3) is 0 Å². The fourth-order valence-corrected chi connectivity index (χ4v) is 1.86. The first-order chi connectivity index (χ1) is 9.24. The van der Waals surface area contributed by atoms with Gasteiger partial charge >= 0.3 is 0 Å². The second kappa shape index (κ2) is 6.20. The smallest absolute Gasteiger partial charge is 0.146 e. The number of nitrogens with one attached hydrogen (secondary N) is 1. The molecular weight excluding hydrogens is 245 g/mol. The third-order valence-electron chi connectivity index (χ3n) is 2.88. The van der Waals surface area contributed by atoms with Crippen molar-refractivity contribution in [1.29, 1.82) is 0 Å². The van der Waals surface area contributed by atoms with Gasteiger partial charge in [-0.2, -0.15) is 0 Å². The Labute approximate surface area is 111 Å². The van der Waals surface area contributed by atoms with Gasteiger partial charge in [-0.25, -0.2) is 4.39 Å². The normalized spacial score (nSPS) is 11.9. The summed E-state index contributed by atoms with van der Waals surface area (Å²) in [6.07, 6.45) is 0. The molecule has 2 N–H and O–H groups in total. The highest BCUT2D eigenvalue weighted by atomic mass is 19.1. The topological polar surface area (TPSA) is 41.5 Å². The molecule has 1 unspecified atom stereocenters. The Kier molecular flexibility index (Phi) is 4.36. The van der Waals surface area contributed by atoms with E-state index in [1.165, 1.54) is 6.07 Å². The van der Waals surface area contributed by atoms with Crippen molar-refractivity contribution in [2.24, 2.45) is 0 Å². The van der Waals surface area contributed by atoms with Crippen molar-refractivity contribution in [3.05, 3.63) is 59.9 Å². The Morgan fingerprint density at radius 3 is 2.68 bits per heavy atom. The van der Waals surface area contributed by atoms with Gasteiger partial charge in [-0.15, -0.1) is 0 Å². The summed E-state index contributed by atoms with van der Waals surface area (Å²) in [7, 11) is 1.58. The average molecular weight is 261 g/mol. The fraction of sp³-hybridized carbons (Fsp3) is 0.200. The molecule has 0 radical (unpaired) electrons. The molecule has 2 aromatic carbocycles. The number of aliphatic hydroxyl groups excluding tert-OH is 1. The summed E-state index contributed by atoms with van der Waals surface area (Å²) in [5, 5.41) is 12.5. The van der Waals surface area contributed by atoms with Gasteiger partial charge in [0.05, 0.1) is 25.4 Å². The van der Waals surface area contributed by atoms with Crippen molar-refractivity contribution in [2.75, 3.05) is 19.0 Å². The molecular formula is C15H16FNO2. The molecule has 0 heterocycles. The Bertz CT molecular complexity index is 545. The maximum atomic E-state index is 13.6. The summed E-state index contributed by atoms with van der Waals surface area (Å²) in [6.45, 7) is -0.137. The maximum absolute atomic E-state index is 13.6. The van der Waals surface area contributed by atoms with Crippen LogP contribution in [0.1, 0.15) is 11.6 Å². The molecule has 19 heavy (non-hydrogen) atoms. The minimum atomic E-state index is -0.382. The number of benzene rings is 2. The lowest BCUT2D eigenvalue weighted by atomic mass is 10.1. The first-order valence-corrected chi connectivity index (χ1v) is 6.00. The zero-order valence-corrected chi connectivity index (χ0v) is 10.6. The average Bonchev–Trinajstić information content (AvgIpc) is 2.46. The molecule has 2 rings (SSSR count). The zero-order valence-electron chi connectivity index (χ0n) is 10.6. The van der Waals surface area contributed by atoms with Crippen molar-refractivity contribution in [3.63, 3.8) is 0 Å². The van der Waals surface area contributed by atoms with Gasteiger partial charge in [0.2, 0.25) is 0 Å². The summed E-state index contributed by atoms with van der Waals surface area (Å²) in [5.41, 5.74) is 1.20. The predicted molar refractivity (Wildman–Crippen MR) is 72.8 cm³/mol. The van der Waals surface area contributed by atoms with E-state index in [0.717, 1.165) is 5.56 Å². The molecule has 100 valence electrons. The van der Waals surface area contributed by atoms with E-state index in [-0.39, 0.29) is 18.5 Å². The Morgan fingerprint density at radius 1 is 1.21 bits per heavy atom. The highest BCUT2D eigenvalue weighted by Crippen LogP contribution is 2.24. The molecule has 4 heteroatoms. The van der Waals surface area contributed by atoms with E-state index in [1.807, 2.05) is 24.3 Å². The van der Waals surface area contributed by atoms with E-state index >= 15 is 0 Å². The predicted octanol–water partition coefficient (Wildman–Crippen LogP) is 2.98. The number of anilines is 1. The highest BCUT2D eigenvalue weighted by Gasteiger charge is 2.12. The second-order valence-corrected chi connectivity index (χ2v) is 4.14. The molecule has 0 spiro atoms. The number of ether oxygens (including phenoxy) is 1. The van der Waals surface area contributed by atoms with Gasteiger partial charge in [0.1, 0.15) is 11.6 Å². The third-order valence-corrected chi connectivity index (χ3v) is 2.88. The number of methoxy groups -OCH3 is 1. The molecule has 0 saturated carbocycles. The van der Waals surface area contributed by atoms with Crippen LogP contribution >= 0.6 is 0 Å². The van der Waals surface area contributed by atoms with Crippen LogP contribution in [-0.2, 0) is 0 Å². The van der Waals surface area contributed by atoms with E-state index < -0.39 is 0 Å². The van der Waals surface area contributed by atoms with Gasteiger partial charge < -0.3 is 15.2 Å². The van der Waals surface area contributed by atoms with Crippen LogP contribution in [0, 0.1) is 5.82 Å². The summed E-state index contributed by atoms with van der Waals surface area (Å²) < 4.78 is 18.7. The van der Waals surface area contributed by atoms with E-state index in [1.54, 1.807) is 25.3 Å². The van der Waals surface area contributed by atoms with Crippen LogP contribution in [0.4, 0.5) is 10.1 Å². The van der Waals surface area contributed by atoms with Crippen molar-refractivity contribution in [2.45, 2.75) is 6.04 Å². The van der Waals surface area contributed by atoms with Gasteiger partial charge in [0.25, 0.3) is 0 Å². The quantitative estimate of drug-likeness (QED) is 0.869. The lowest BCUT2D eigenvalue weighted by Crippen LogP contribution is -2.15. The van der Waals surface area contributed by atoms with Crippen molar-refractivity contribution in [1.82, 2.24) is 0 Å². The van der Waals surface area contributed by atoms with Crippen molar-refractivity contribution < 1.29 is 14.2 Å². The Balaban J connectivity index is 2.22. The summed E-state index contributed by atoms with van der Waals surface area (Å²) in [4.78, 5) is 0. The first kappa shape index (κ1) is 13.4. The molecule has 0 aliphatic carbocycles. The zero-order chi connectivity index (χ0) is 13.7. The van der Waals surface area contributed by atoms with E-state index in [0.29, 0.717) is 11.4 Å². The van der Waals surface area contributed by atoms with Gasteiger partial charge in [-0.3, -0.25) is 0 Å². The van der Waals surface area contributed by atoms with E-state index in [2.05, 4.69) is 5.32 Å². The molecule has 0 saturated heterocycles. The summed E-state index contributed by atoms with van der Waals surface area (Å²) >= 11 is 0. The molecule has 0 aromatic heterocycles. The van der Waals surface area contributed by atoms with Gasteiger partial charge in [0, 0.05) is 0 Å². The number of hydrogen-bond donors (Lipinski definition) is 2. The van der Waals surface area contributed by atoms with E-state index in [9.17, 15) is 9.50 Å². The highest BCUT2D eigenvalue weighted by molar-refractivity contribution is 5.47. The molecule has 3 nitrogen and oxygen atoms in total. The molecule has 0 aliphatic heterocycles. The molecule has 2 aromatic rings. The van der Waals surface area contributed by atoms with Crippen molar-refractivity contribution in [3.8, 4) is 5.75 Å². The summed E-state index contributed by atoms with van der Waals surface area (Å²) in [6, 6.07) is 13.3. The van der Waals surface area contributed by atoms with Gasteiger partial charge in [-0.1, -0.05) is 24.3 Å². The van der Waals surface area contributed by atoms with Crippen LogP contribution in [0.3, 0.4) is 0 Å². The van der Waals surface area contributed by atoms with Crippen LogP contribution in [0.15, 0.2) is 48.5 Å². The number of hydrogen-bond acceptors (Lipinski definition) is 3. The largest absolute Gasteiger partial charge is 0.497 e. The standard InChI is InChI=1S/C15H16FNO2/c1-19-12-6-4-5-11(9-12)15(10-18)17-14-8-3-2-7-13(14)16/h2-9,15,17-18H,10H2,1H3. The number of rotatable bonds is 5. The molecule has 0 fully saturated rings. The van der Waals surface area contributed by atoms with Gasteiger partial charge in [0.15, 0.2) is 0 Å². The maximum Gasteiger partial charge on any atom is 0.146 e. The fourth-order valence-electron chi connectivity index (χ4n) is 1.86. The molecule has 1 atom stereocenters. The van der Waals surface area contributed by atoms with Crippen LogP contribution in [-0.4, -0.2) is 18.8 Å². The molecule has 0 bridgehead atoms.